The largest absolute Gasteiger partial charge is 0.478 e. The number of rotatable bonds is 38. The van der Waals surface area contributed by atoms with E-state index in [0.717, 1.165) is 61.1 Å². The van der Waals surface area contributed by atoms with Gasteiger partial charge in [0.2, 0.25) is 0 Å². The average Bonchev–Trinajstić information content (AvgIpc) is 3.34. The molecule has 0 aliphatic rings. The monoisotopic (exact) mass is 931 g/mol. The SMILES string of the molecule is CCCCCCCCCCCCCCCCCCNC(=O)c1c(C(=O)O)c2c(C(=O)O)ccc3c4cccc5cccc(c(c1C(=O)NCCCCCCCCCCCCCCCCCC)c23)c54. The summed E-state index contributed by atoms with van der Waals surface area (Å²) in [4.78, 5) is 55.7. The molecule has 0 aliphatic heterocycles. The molecule has 0 atom stereocenters. The van der Waals surface area contributed by atoms with Crippen LogP contribution in [-0.4, -0.2) is 47.1 Å². The molecule has 0 aromatic heterocycles. The summed E-state index contributed by atoms with van der Waals surface area (Å²) in [6.45, 7) is 5.22. The van der Waals surface area contributed by atoms with Crippen molar-refractivity contribution in [3.63, 3.8) is 0 Å². The molecule has 68 heavy (non-hydrogen) atoms. The van der Waals surface area contributed by atoms with E-state index in [0.29, 0.717) is 41.1 Å². The number of unbranched alkanes of at least 4 members (excludes halogenated alkanes) is 30. The van der Waals surface area contributed by atoms with Crippen LogP contribution in [0.3, 0.4) is 0 Å². The fraction of sp³-hybridized carbons (Fsp3) is 0.600. The highest BCUT2D eigenvalue weighted by Crippen LogP contribution is 2.45. The van der Waals surface area contributed by atoms with Crippen LogP contribution in [0.5, 0.6) is 0 Å². The third-order valence-electron chi connectivity index (χ3n) is 14.4. The first-order chi connectivity index (χ1) is 33.3. The Balaban J connectivity index is 1.24. The van der Waals surface area contributed by atoms with Crippen molar-refractivity contribution in [2.75, 3.05) is 13.1 Å². The highest BCUT2D eigenvalue weighted by molar-refractivity contribution is 6.40. The van der Waals surface area contributed by atoms with Crippen LogP contribution in [0.1, 0.15) is 261 Å². The Bertz CT molecular complexity index is 2310. The van der Waals surface area contributed by atoms with Gasteiger partial charge in [-0.2, -0.15) is 0 Å². The lowest BCUT2D eigenvalue weighted by Crippen LogP contribution is -2.33. The summed E-state index contributed by atoms with van der Waals surface area (Å²) >= 11 is 0. The van der Waals surface area contributed by atoms with E-state index in [1.165, 1.54) is 160 Å². The minimum absolute atomic E-state index is 0.0124. The number of carboxylic acid groups (broad SMARTS) is 2. The van der Waals surface area contributed by atoms with Crippen molar-refractivity contribution in [3.8, 4) is 0 Å². The number of fused-ring (bicyclic) bond motifs is 2. The van der Waals surface area contributed by atoms with E-state index in [1.807, 2.05) is 36.4 Å². The van der Waals surface area contributed by atoms with Gasteiger partial charge < -0.3 is 20.8 Å². The molecule has 0 heterocycles. The molecule has 0 fully saturated rings. The number of nitrogens with one attached hydrogen (secondary N) is 2. The minimum Gasteiger partial charge on any atom is -0.478 e. The van der Waals surface area contributed by atoms with Crippen molar-refractivity contribution in [1.82, 2.24) is 10.6 Å². The second-order valence-corrected chi connectivity index (χ2v) is 19.8. The van der Waals surface area contributed by atoms with E-state index >= 15 is 0 Å². The van der Waals surface area contributed by atoms with Gasteiger partial charge in [-0.05, 0) is 51.2 Å². The van der Waals surface area contributed by atoms with E-state index in [9.17, 15) is 29.4 Å². The predicted octanol–water partition coefficient (Wildman–Crippen LogP) is 17.1. The molecule has 8 heteroatoms. The summed E-state index contributed by atoms with van der Waals surface area (Å²) in [6, 6.07) is 14.8. The second-order valence-electron chi connectivity index (χ2n) is 19.8. The smallest absolute Gasteiger partial charge is 0.337 e. The molecule has 0 saturated heterocycles. The van der Waals surface area contributed by atoms with E-state index in [1.54, 1.807) is 6.07 Å². The molecule has 0 radical (unpaired) electrons. The van der Waals surface area contributed by atoms with E-state index in [4.69, 9.17) is 0 Å². The quantitative estimate of drug-likeness (QED) is 0.0177. The zero-order valence-corrected chi connectivity index (χ0v) is 42.2. The van der Waals surface area contributed by atoms with E-state index in [2.05, 4.69) is 24.5 Å². The Morgan fingerprint density at radius 2 is 0.721 bits per heavy atom. The van der Waals surface area contributed by atoms with Crippen molar-refractivity contribution < 1.29 is 29.4 Å². The lowest BCUT2D eigenvalue weighted by molar-refractivity contribution is 0.0692. The van der Waals surface area contributed by atoms with Crippen molar-refractivity contribution in [2.24, 2.45) is 0 Å². The Labute approximate surface area is 408 Å². The third-order valence-corrected chi connectivity index (χ3v) is 14.4. The van der Waals surface area contributed by atoms with E-state index in [-0.39, 0.29) is 22.1 Å². The van der Waals surface area contributed by atoms with Crippen LogP contribution >= 0.6 is 0 Å². The summed E-state index contributed by atoms with van der Waals surface area (Å²) in [5.41, 5.74) is -0.966. The van der Waals surface area contributed by atoms with Gasteiger partial charge in [-0.15, -0.1) is 0 Å². The Morgan fingerprint density at radius 3 is 1.12 bits per heavy atom. The molecular weight excluding hydrogens is 845 g/mol. The lowest BCUT2D eigenvalue weighted by atomic mass is 9.81. The third kappa shape index (κ3) is 15.9. The highest BCUT2D eigenvalue weighted by Gasteiger charge is 2.34. The number of carboxylic acids is 2. The molecule has 5 aromatic rings. The fourth-order valence-corrected chi connectivity index (χ4v) is 10.7. The molecule has 4 N–H and O–H groups in total. The molecule has 0 aliphatic carbocycles. The van der Waals surface area contributed by atoms with Crippen LogP contribution in [-0.2, 0) is 0 Å². The van der Waals surface area contributed by atoms with Crippen molar-refractivity contribution >= 4 is 66.8 Å². The summed E-state index contributed by atoms with van der Waals surface area (Å²) in [7, 11) is 0. The first kappa shape index (κ1) is 54.2. The standard InChI is InChI=1S/C60H86N2O6/c1-3-5-7-9-11-13-15-17-19-21-23-25-27-29-31-33-43-61-57(63)54-52-48-40-36-38-45-37-35-39-46(50(45)48)47-41-42-49(59(65)66)53(51(47)52)56(60(67)68)55(54)58(64)62-44-34-32-30-28-26-24-22-20-18-16-14-12-10-8-6-4-2/h35-42H,3-34,43-44H2,1-2H3,(H,61,63)(H,62,64)(H,65,66)(H,67,68). The number of benzene rings is 5. The predicted molar refractivity (Wildman–Crippen MR) is 285 cm³/mol. The normalized spacial score (nSPS) is 11.7. The van der Waals surface area contributed by atoms with Gasteiger partial charge in [0.1, 0.15) is 0 Å². The summed E-state index contributed by atoms with van der Waals surface area (Å²) < 4.78 is 0. The summed E-state index contributed by atoms with van der Waals surface area (Å²) in [5.74, 6) is -3.96. The molecule has 5 rings (SSSR count). The number of hydrogen-bond donors (Lipinski definition) is 4. The molecule has 8 nitrogen and oxygen atoms in total. The van der Waals surface area contributed by atoms with Crippen LogP contribution in [0.15, 0.2) is 48.5 Å². The minimum atomic E-state index is -1.45. The van der Waals surface area contributed by atoms with E-state index < -0.39 is 29.3 Å². The number of carbonyl (C=O) groups is 4. The van der Waals surface area contributed by atoms with Crippen LogP contribution in [0.2, 0.25) is 0 Å². The van der Waals surface area contributed by atoms with Crippen LogP contribution < -0.4 is 10.6 Å². The molecule has 372 valence electrons. The molecule has 0 bridgehead atoms. The van der Waals surface area contributed by atoms with Gasteiger partial charge in [0.15, 0.2) is 0 Å². The van der Waals surface area contributed by atoms with Crippen molar-refractivity contribution in [3.05, 3.63) is 70.8 Å². The van der Waals surface area contributed by atoms with Crippen molar-refractivity contribution in [1.29, 1.82) is 0 Å². The second kappa shape index (κ2) is 30.7. The average molecular weight is 931 g/mol. The maximum Gasteiger partial charge on any atom is 0.337 e. The molecule has 0 saturated carbocycles. The zero-order valence-electron chi connectivity index (χ0n) is 42.2. The molecule has 5 aromatic carbocycles. The maximum atomic E-state index is 14.7. The maximum absolute atomic E-state index is 14.7. The molecule has 2 amide bonds. The van der Waals surface area contributed by atoms with Gasteiger partial charge in [0, 0.05) is 23.9 Å². The van der Waals surface area contributed by atoms with Gasteiger partial charge >= 0.3 is 11.9 Å². The number of hydrogen-bond acceptors (Lipinski definition) is 4. The Hall–Kier alpha value is -4.72. The van der Waals surface area contributed by atoms with Crippen LogP contribution in [0, 0.1) is 0 Å². The Kier molecular flexibility index (Phi) is 24.5. The lowest BCUT2D eigenvalue weighted by Gasteiger charge is -2.23. The summed E-state index contributed by atoms with van der Waals surface area (Å²) in [5, 5.41) is 32.3. The first-order valence-corrected chi connectivity index (χ1v) is 27.5. The highest BCUT2D eigenvalue weighted by atomic mass is 16.4. The topological polar surface area (TPSA) is 133 Å². The number of aromatic carboxylic acids is 2. The zero-order chi connectivity index (χ0) is 48.4. The summed E-state index contributed by atoms with van der Waals surface area (Å²) in [6.07, 6.45) is 39.6. The fourth-order valence-electron chi connectivity index (χ4n) is 10.7. The number of amides is 2. The molecule has 0 spiro atoms. The van der Waals surface area contributed by atoms with Gasteiger partial charge in [0.05, 0.1) is 22.3 Å². The van der Waals surface area contributed by atoms with Gasteiger partial charge in [-0.3, -0.25) is 9.59 Å². The van der Waals surface area contributed by atoms with Crippen molar-refractivity contribution in [2.45, 2.75) is 219 Å². The van der Waals surface area contributed by atoms with Crippen LogP contribution in [0.4, 0.5) is 0 Å². The van der Waals surface area contributed by atoms with Gasteiger partial charge in [0.25, 0.3) is 11.8 Å². The van der Waals surface area contributed by atoms with Crippen LogP contribution in [0.25, 0.3) is 43.1 Å². The van der Waals surface area contributed by atoms with Gasteiger partial charge in [-0.25, -0.2) is 9.59 Å². The molecule has 0 unspecified atom stereocenters. The Morgan fingerprint density at radius 1 is 0.353 bits per heavy atom. The first-order valence-electron chi connectivity index (χ1n) is 27.5. The number of carbonyl (C=O) groups excluding carboxylic acids is 2. The molecular formula is C60H86N2O6. The van der Waals surface area contributed by atoms with Gasteiger partial charge in [-0.1, -0.05) is 249 Å².